The Morgan fingerprint density at radius 1 is 1.20 bits per heavy atom. The van der Waals surface area contributed by atoms with Crippen molar-refractivity contribution in [2.45, 2.75) is 13.8 Å². The van der Waals surface area contributed by atoms with Gasteiger partial charge < -0.3 is 19.4 Å². The van der Waals surface area contributed by atoms with Gasteiger partial charge >= 0.3 is 0 Å². The average molecular weight is 267 g/mol. The molecule has 0 amide bonds. The maximum Gasteiger partial charge on any atom is 0.119 e. The monoisotopic (exact) mass is 267 g/mol. The van der Waals surface area contributed by atoms with Crippen molar-refractivity contribution in [3.63, 3.8) is 0 Å². The molecule has 3 aromatic rings. The van der Waals surface area contributed by atoms with Crippen molar-refractivity contribution in [3.8, 4) is 23.0 Å². The van der Waals surface area contributed by atoms with Crippen LogP contribution in [0.3, 0.4) is 0 Å². The Kier molecular flexibility index (Phi) is 3.02. The Balaban J connectivity index is 1.99. The van der Waals surface area contributed by atoms with Crippen molar-refractivity contribution in [1.29, 1.82) is 0 Å². The maximum absolute atomic E-state index is 5.22. The van der Waals surface area contributed by atoms with Crippen LogP contribution in [0.2, 0.25) is 0 Å². The highest BCUT2D eigenvalue weighted by Gasteiger charge is 2.02. The molecule has 0 saturated heterocycles. The minimum absolute atomic E-state index is 0.591. The minimum atomic E-state index is 0.591. The van der Waals surface area contributed by atoms with Crippen LogP contribution in [0, 0.1) is 13.8 Å². The average Bonchev–Trinajstić information content (AvgIpc) is 3.05. The topological polar surface area (TPSA) is 54.0 Å². The van der Waals surface area contributed by atoms with Crippen molar-refractivity contribution >= 4 is 0 Å². The smallest absolute Gasteiger partial charge is 0.119 e. The molecule has 0 atom stereocenters. The summed E-state index contributed by atoms with van der Waals surface area (Å²) in [7, 11) is 1.65. The van der Waals surface area contributed by atoms with Crippen LogP contribution in [0.1, 0.15) is 11.4 Å². The molecule has 5 nitrogen and oxygen atoms in total. The second kappa shape index (κ2) is 4.85. The van der Waals surface area contributed by atoms with E-state index in [4.69, 9.17) is 4.74 Å². The highest BCUT2D eigenvalue weighted by molar-refractivity contribution is 5.61. The fourth-order valence-corrected chi connectivity index (χ4v) is 2.14. The fraction of sp³-hybridized carbons (Fsp3) is 0.200. The molecule has 0 aliphatic heterocycles. The number of hydrogen-bond donors (Lipinski definition) is 0. The number of nitrogens with zero attached hydrogens (tertiary/aromatic N) is 4. The first-order chi connectivity index (χ1) is 9.67. The summed E-state index contributed by atoms with van der Waals surface area (Å²) in [6, 6.07) is 9.77. The number of rotatable bonds is 3. The number of methoxy groups -OCH3 is 1. The van der Waals surface area contributed by atoms with E-state index in [0.29, 0.717) is 5.95 Å². The summed E-state index contributed by atoms with van der Waals surface area (Å²) in [5.74, 6) is 1.39. The molecule has 0 N–H and O–H groups in total. The summed E-state index contributed by atoms with van der Waals surface area (Å²) in [5.41, 5.74) is 3.76. The van der Waals surface area contributed by atoms with Gasteiger partial charge in [0, 0.05) is 17.3 Å². The molecular formula is C15H15N4O-. The number of benzene rings is 1. The van der Waals surface area contributed by atoms with Gasteiger partial charge in [0.25, 0.3) is 0 Å². The summed E-state index contributed by atoms with van der Waals surface area (Å²) in [6.45, 7) is 3.94. The third-order valence-electron chi connectivity index (χ3n) is 3.09. The zero-order valence-corrected chi connectivity index (χ0v) is 11.7. The molecule has 0 aliphatic carbocycles. The Hall–Kier alpha value is -2.56. The van der Waals surface area contributed by atoms with E-state index < -0.39 is 0 Å². The van der Waals surface area contributed by atoms with Gasteiger partial charge in [-0.15, -0.1) is 0 Å². The van der Waals surface area contributed by atoms with Gasteiger partial charge in [0.2, 0.25) is 0 Å². The lowest BCUT2D eigenvalue weighted by Gasteiger charge is -2.08. The van der Waals surface area contributed by atoms with Gasteiger partial charge in [-0.05, 0) is 49.5 Å². The van der Waals surface area contributed by atoms with Crippen molar-refractivity contribution in [1.82, 2.24) is 19.7 Å². The number of aromatic nitrogens is 4. The van der Waals surface area contributed by atoms with Gasteiger partial charge in [-0.2, -0.15) is 0 Å². The largest absolute Gasteiger partial charge is 0.497 e. The van der Waals surface area contributed by atoms with Crippen LogP contribution in [-0.4, -0.2) is 21.9 Å². The Morgan fingerprint density at radius 3 is 2.75 bits per heavy atom. The van der Waals surface area contributed by atoms with Crippen LogP contribution in [0.25, 0.3) is 17.2 Å². The predicted molar refractivity (Wildman–Crippen MR) is 76.1 cm³/mol. The molecule has 0 fully saturated rings. The van der Waals surface area contributed by atoms with Gasteiger partial charge in [0.05, 0.1) is 7.11 Å². The molecule has 0 aliphatic rings. The van der Waals surface area contributed by atoms with E-state index in [9.17, 15) is 0 Å². The molecule has 2 heterocycles. The Bertz CT molecular complexity index is 742. The molecule has 3 rings (SSSR count). The Labute approximate surface area is 117 Å². The van der Waals surface area contributed by atoms with E-state index >= 15 is 0 Å². The molecule has 20 heavy (non-hydrogen) atoms. The van der Waals surface area contributed by atoms with Gasteiger partial charge in [-0.3, -0.25) is 0 Å². The van der Waals surface area contributed by atoms with Gasteiger partial charge in [-0.25, -0.2) is 5.10 Å². The lowest BCUT2D eigenvalue weighted by Crippen LogP contribution is -2.02. The lowest BCUT2D eigenvalue weighted by molar-refractivity contribution is 0.415. The first-order valence-electron chi connectivity index (χ1n) is 6.35. The van der Waals surface area contributed by atoms with E-state index in [0.717, 1.165) is 28.4 Å². The van der Waals surface area contributed by atoms with Crippen LogP contribution in [-0.2, 0) is 0 Å². The van der Waals surface area contributed by atoms with Gasteiger partial charge in [-0.1, -0.05) is 12.1 Å². The van der Waals surface area contributed by atoms with Crippen LogP contribution < -0.4 is 9.72 Å². The molecule has 5 heteroatoms. The van der Waals surface area contributed by atoms with Gasteiger partial charge in [0.15, 0.2) is 0 Å². The van der Waals surface area contributed by atoms with E-state index in [-0.39, 0.29) is 0 Å². The molecule has 0 saturated carbocycles. The SMILES string of the molecule is COc1cccc(-c2c[n-]c(-n3nc(C)cc3C)n2)c1. The van der Waals surface area contributed by atoms with Crippen LogP contribution in [0.5, 0.6) is 5.75 Å². The van der Waals surface area contributed by atoms with Crippen LogP contribution >= 0.6 is 0 Å². The first kappa shape index (κ1) is 12.5. The lowest BCUT2D eigenvalue weighted by atomic mass is 10.1. The molecule has 2 aromatic heterocycles. The molecule has 102 valence electrons. The Morgan fingerprint density at radius 2 is 2.05 bits per heavy atom. The second-order valence-corrected chi connectivity index (χ2v) is 4.63. The standard InChI is InChI=1S/C15H15N4O/c1-10-7-11(2)19(18-10)15-16-9-14(17-15)12-5-4-6-13(8-12)20-3/h4-9H,1-3H3/q-1. The highest BCUT2D eigenvalue weighted by Crippen LogP contribution is 2.22. The fourth-order valence-electron chi connectivity index (χ4n) is 2.14. The predicted octanol–water partition coefficient (Wildman–Crippen LogP) is 2.52. The van der Waals surface area contributed by atoms with Crippen molar-refractivity contribution in [2.24, 2.45) is 0 Å². The number of hydrogen-bond acceptors (Lipinski definition) is 3. The number of aryl methyl sites for hydroxylation is 2. The zero-order chi connectivity index (χ0) is 14.1. The number of ether oxygens (including phenoxy) is 1. The molecule has 0 unspecified atom stereocenters. The van der Waals surface area contributed by atoms with Crippen molar-refractivity contribution in [2.75, 3.05) is 7.11 Å². The van der Waals surface area contributed by atoms with Crippen LogP contribution in [0.15, 0.2) is 36.5 Å². The number of imidazole rings is 1. The van der Waals surface area contributed by atoms with E-state index in [1.807, 2.05) is 44.2 Å². The van der Waals surface area contributed by atoms with Gasteiger partial charge in [0.1, 0.15) is 5.75 Å². The zero-order valence-electron chi connectivity index (χ0n) is 11.7. The molecule has 0 bridgehead atoms. The summed E-state index contributed by atoms with van der Waals surface area (Å²) >= 11 is 0. The highest BCUT2D eigenvalue weighted by atomic mass is 16.5. The quantitative estimate of drug-likeness (QED) is 0.731. The van der Waals surface area contributed by atoms with Crippen molar-refractivity contribution in [3.05, 3.63) is 47.9 Å². The molecule has 0 spiro atoms. The molecule has 1 aromatic carbocycles. The van der Waals surface area contributed by atoms with E-state index in [2.05, 4.69) is 15.1 Å². The van der Waals surface area contributed by atoms with Crippen molar-refractivity contribution < 1.29 is 4.74 Å². The summed E-state index contributed by atoms with van der Waals surface area (Å²) in [4.78, 5) is 8.88. The van der Waals surface area contributed by atoms with E-state index in [1.54, 1.807) is 18.0 Å². The molecule has 0 radical (unpaired) electrons. The first-order valence-corrected chi connectivity index (χ1v) is 6.35. The van der Waals surface area contributed by atoms with E-state index in [1.165, 1.54) is 0 Å². The van der Waals surface area contributed by atoms with Crippen LogP contribution in [0.4, 0.5) is 0 Å². The minimum Gasteiger partial charge on any atom is -0.497 e. The summed E-state index contributed by atoms with van der Waals surface area (Å²) in [5, 5.41) is 4.39. The summed E-state index contributed by atoms with van der Waals surface area (Å²) < 4.78 is 6.97. The summed E-state index contributed by atoms with van der Waals surface area (Å²) in [6.07, 6.45) is 1.75. The maximum atomic E-state index is 5.22. The molecular weight excluding hydrogens is 252 g/mol. The third-order valence-corrected chi connectivity index (χ3v) is 3.09. The third kappa shape index (κ3) is 2.18. The second-order valence-electron chi connectivity index (χ2n) is 4.63. The normalized spacial score (nSPS) is 10.8.